The van der Waals surface area contributed by atoms with Crippen LogP contribution in [0.2, 0.25) is 0 Å². The highest BCUT2D eigenvalue weighted by Gasteiger charge is 2.09. The lowest BCUT2D eigenvalue weighted by Gasteiger charge is -2.09. The monoisotopic (exact) mass is 339 g/mol. The number of hydrogen-bond acceptors (Lipinski definition) is 3. The maximum atomic E-state index is 12.4. The SMILES string of the molecule is Cc1ccc(CNC(=O)c2ccc3c(=O)[nH]c(=S)[nH]c3c2)c(C)c1. The average Bonchev–Trinajstić information content (AvgIpc) is 2.53. The number of rotatable bonds is 3. The molecule has 3 aromatic rings. The summed E-state index contributed by atoms with van der Waals surface area (Å²) in [6.07, 6.45) is 0. The topological polar surface area (TPSA) is 77.8 Å². The molecule has 0 radical (unpaired) electrons. The second-order valence-electron chi connectivity index (χ2n) is 5.78. The van der Waals surface area contributed by atoms with E-state index in [2.05, 4.69) is 21.4 Å². The Hall–Kier alpha value is -2.73. The number of aromatic nitrogens is 2. The molecule has 3 rings (SSSR count). The Labute approximate surface area is 143 Å². The molecule has 0 aliphatic heterocycles. The third-order valence-corrected chi connectivity index (χ3v) is 4.14. The van der Waals surface area contributed by atoms with Crippen LogP contribution < -0.4 is 10.9 Å². The summed E-state index contributed by atoms with van der Waals surface area (Å²) in [6, 6.07) is 11.0. The molecule has 122 valence electrons. The molecule has 0 unspecified atom stereocenters. The summed E-state index contributed by atoms with van der Waals surface area (Å²) >= 11 is 4.96. The van der Waals surface area contributed by atoms with Crippen molar-refractivity contribution in [3.63, 3.8) is 0 Å². The van der Waals surface area contributed by atoms with Crippen LogP contribution in [0.5, 0.6) is 0 Å². The molecule has 1 amide bonds. The number of aromatic amines is 2. The molecular weight excluding hydrogens is 322 g/mol. The Morgan fingerprint density at radius 1 is 1.12 bits per heavy atom. The van der Waals surface area contributed by atoms with Crippen LogP contribution in [0.15, 0.2) is 41.2 Å². The fraction of sp³-hybridized carbons (Fsp3) is 0.167. The van der Waals surface area contributed by atoms with Crippen molar-refractivity contribution in [2.24, 2.45) is 0 Å². The van der Waals surface area contributed by atoms with Gasteiger partial charge in [-0.1, -0.05) is 23.8 Å². The second kappa shape index (κ2) is 6.41. The molecule has 0 atom stereocenters. The molecule has 0 fully saturated rings. The first kappa shape index (κ1) is 16.1. The lowest BCUT2D eigenvalue weighted by atomic mass is 10.1. The molecule has 0 saturated heterocycles. The molecule has 0 spiro atoms. The standard InChI is InChI=1S/C18H17N3O2S/c1-10-3-4-13(11(2)7-10)9-19-16(22)12-5-6-14-15(8-12)20-18(24)21-17(14)23/h3-8H,9H2,1-2H3,(H,19,22)(H2,20,21,23,24). The lowest BCUT2D eigenvalue weighted by Crippen LogP contribution is -2.23. The van der Waals surface area contributed by atoms with Crippen molar-refractivity contribution in [3.8, 4) is 0 Å². The van der Waals surface area contributed by atoms with Crippen molar-refractivity contribution < 1.29 is 4.79 Å². The maximum absolute atomic E-state index is 12.4. The van der Waals surface area contributed by atoms with Gasteiger partial charge in [0.25, 0.3) is 11.5 Å². The van der Waals surface area contributed by atoms with Crippen molar-refractivity contribution >= 4 is 29.0 Å². The number of benzene rings is 2. The van der Waals surface area contributed by atoms with Crippen LogP contribution in [0, 0.1) is 18.6 Å². The minimum atomic E-state index is -0.268. The molecule has 0 aliphatic rings. The number of amides is 1. The molecular formula is C18H17N3O2S. The minimum absolute atomic E-state index is 0.198. The second-order valence-corrected chi connectivity index (χ2v) is 6.19. The fourth-order valence-electron chi connectivity index (χ4n) is 2.63. The van der Waals surface area contributed by atoms with E-state index in [1.54, 1.807) is 18.2 Å². The molecule has 0 saturated carbocycles. The van der Waals surface area contributed by atoms with E-state index in [0.29, 0.717) is 23.0 Å². The predicted octanol–water partition coefficient (Wildman–Crippen LogP) is 3.13. The highest BCUT2D eigenvalue weighted by molar-refractivity contribution is 7.71. The number of fused-ring (bicyclic) bond motifs is 1. The molecule has 6 heteroatoms. The normalized spacial score (nSPS) is 10.8. The Kier molecular flexibility index (Phi) is 4.31. The van der Waals surface area contributed by atoms with E-state index in [0.717, 1.165) is 11.1 Å². The number of carbonyl (C=O) groups excluding carboxylic acids is 1. The van der Waals surface area contributed by atoms with Crippen molar-refractivity contribution in [2.75, 3.05) is 0 Å². The summed E-state index contributed by atoms with van der Waals surface area (Å²) in [5, 5.41) is 3.37. The molecule has 2 aromatic carbocycles. The van der Waals surface area contributed by atoms with Crippen molar-refractivity contribution in [1.29, 1.82) is 0 Å². The summed E-state index contributed by atoms with van der Waals surface area (Å²) in [7, 11) is 0. The van der Waals surface area contributed by atoms with Gasteiger partial charge in [-0.2, -0.15) is 0 Å². The number of aryl methyl sites for hydroxylation is 2. The van der Waals surface area contributed by atoms with Crippen LogP contribution >= 0.6 is 12.2 Å². The summed E-state index contributed by atoms with van der Waals surface area (Å²) in [5.41, 5.74) is 4.16. The molecule has 24 heavy (non-hydrogen) atoms. The summed E-state index contributed by atoms with van der Waals surface area (Å²) < 4.78 is 0.236. The van der Waals surface area contributed by atoms with Crippen LogP contribution in [0.1, 0.15) is 27.0 Å². The van der Waals surface area contributed by atoms with Gasteiger partial charge in [-0.25, -0.2) is 0 Å². The molecule has 1 aromatic heterocycles. The van der Waals surface area contributed by atoms with Gasteiger partial charge in [-0.15, -0.1) is 0 Å². The van der Waals surface area contributed by atoms with Gasteiger partial charge in [0, 0.05) is 12.1 Å². The molecule has 0 bridgehead atoms. The smallest absolute Gasteiger partial charge is 0.259 e. The molecule has 0 aliphatic carbocycles. The molecule has 5 nitrogen and oxygen atoms in total. The highest BCUT2D eigenvalue weighted by Crippen LogP contribution is 2.12. The van der Waals surface area contributed by atoms with Crippen molar-refractivity contribution in [3.05, 3.63) is 73.8 Å². The van der Waals surface area contributed by atoms with Gasteiger partial charge in [0.1, 0.15) is 0 Å². The first-order valence-electron chi connectivity index (χ1n) is 7.55. The first-order chi connectivity index (χ1) is 11.4. The van der Waals surface area contributed by atoms with Crippen molar-refractivity contribution in [2.45, 2.75) is 20.4 Å². The Bertz CT molecular complexity index is 1050. The van der Waals surface area contributed by atoms with Gasteiger partial charge in [-0.05, 0) is 55.4 Å². The number of carbonyl (C=O) groups is 1. The van der Waals surface area contributed by atoms with Crippen LogP contribution in [0.3, 0.4) is 0 Å². The summed E-state index contributed by atoms with van der Waals surface area (Å²) in [6.45, 7) is 4.52. The van der Waals surface area contributed by atoms with Gasteiger partial charge >= 0.3 is 0 Å². The predicted molar refractivity (Wildman–Crippen MR) is 96.8 cm³/mol. The third kappa shape index (κ3) is 3.28. The van der Waals surface area contributed by atoms with E-state index >= 15 is 0 Å². The Morgan fingerprint density at radius 3 is 2.67 bits per heavy atom. The highest BCUT2D eigenvalue weighted by atomic mass is 32.1. The van der Waals surface area contributed by atoms with Gasteiger partial charge in [0.2, 0.25) is 0 Å². The van der Waals surface area contributed by atoms with E-state index in [4.69, 9.17) is 12.2 Å². The summed E-state index contributed by atoms with van der Waals surface area (Å²) in [4.78, 5) is 29.6. The number of H-pyrrole nitrogens is 2. The Morgan fingerprint density at radius 2 is 1.92 bits per heavy atom. The minimum Gasteiger partial charge on any atom is -0.348 e. The van der Waals surface area contributed by atoms with Gasteiger partial charge in [-0.3, -0.25) is 14.6 Å². The van der Waals surface area contributed by atoms with Gasteiger partial charge < -0.3 is 10.3 Å². The number of nitrogens with one attached hydrogen (secondary N) is 3. The third-order valence-electron chi connectivity index (χ3n) is 3.94. The van der Waals surface area contributed by atoms with Gasteiger partial charge in [0.05, 0.1) is 10.9 Å². The largest absolute Gasteiger partial charge is 0.348 e. The van der Waals surface area contributed by atoms with Crippen LogP contribution in [-0.4, -0.2) is 15.9 Å². The quantitative estimate of drug-likeness (QED) is 0.642. The van der Waals surface area contributed by atoms with E-state index in [1.165, 1.54) is 5.56 Å². The first-order valence-corrected chi connectivity index (χ1v) is 7.95. The van der Waals surface area contributed by atoms with E-state index in [-0.39, 0.29) is 16.2 Å². The Balaban J connectivity index is 1.83. The molecule has 3 N–H and O–H groups in total. The maximum Gasteiger partial charge on any atom is 0.259 e. The van der Waals surface area contributed by atoms with Crippen molar-refractivity contribution in [1.82, 2.24) is 15.3 Å². The van der Waals surface area contributed by atoms with E-state index < -0.39 is 0 Å². The molecule has 1 heterocycles. The zero-order chi connectivity index (χ0) is 17.3. The summed E-state index contributed by atoms with van der Waals surface area (Å²) in [5.74, 6) is -0.198. The van der Waals surface area contributed by atoms with Gasteiger partial charge in [0.15, 0.2) is 4.77 Å². The average molecular weight is 339 g/mol. The van der Waals surface area contributed by atoms with Crippen LogP contribution in [-0.2, 0) is 6.54 Å². The zero-order valence-corrected chi connectivity index (χ0v) is 14.2. The zero-order valence-electron chi connectivity index (χ0n) is 13.4. The van der Waals surface area contributed by atoms with Crippen LogP contribution in [0.4, 0.5) is 0 Å². The fourth-order valence-corrected chi connectivity index (χ4v) is 2.84. The van der Waals surface area contributed by atoms with E-state index in [1.807, 2.05) is 26.0 Å². The lowest BCUT2D eigenvalue weighted by molar-refractivity contribution is 0.0951. The van der Waals surface area contributed by atoms with E-state index in [9.17, 15) is 9.59 Å². The van der Waals surface area contributed by atoms with Crippen LogP contribution in [0.25, 0.3) is 10.9 Å². The number of hydrogen-bond donors (Lipinski definition) is 3.